The average Bonchev–Trinajstić information content (AvgIpc) is 2.87. The molecule has 1 fully saturated rings. The summed E-state index contributed by atoms with van der Waals surface area (Å²) < 4.78 is 5.33. The van der Waals surface area contributed by atoms with Gasteiger partial charge in [0.05, 0.1) is 17.0 Å². The first kappa shape index (κ1) is 10.6. The number of rotatable bonds is 3. The van der Waals surface area contributed by atoms with Gasteiger partial charge in [-0.3, -0.25) is 4.79 Å². The van der Waals surface area contributed by atoms with Gasteiger partial charge in [-0.05, 0) is 30.7 Å². The Labute approximate surface area is 93.4 Å². The van der Waals surface area contributed by atoms with Crippen LogP contribution in [0.15, 0.2) is 17.5 Å². The molecule has 0 aliphatic heterocycles. The van der Waals surface area contributed by atoms with E-state index < -0.39 is 0 Å². The van der Waals surface area contributed by atoms with E-state index in [0.717, 1.165) is 24.1 Å². The Hall–Kier alpha value is -0.870. The van der Waals surface area contributed by atoms with Crippen molar-refractivity contribution in [3.05, 3.63) is 22.4 Å². The zero-order valence-electron chi connectivity index (χ0n) is 8.73. The van der Waals surface area contributed by atoms with Gasteiger partial charge in [-0.25, -0.2) is 0 Å². The largest absolute Gasteiger partial charge is 0.379 e. The van der Waals surface area contributed by atoms with E-state index in [-0.39, 0.29) is 18.1 Å². The van der Waals surface area contributed by atoms with Gasteiger partial charge in [-0.2, -0.15) is 0 Å². The van der Waals surface area contributed by atoms with Gasteiger partial charge in [-0.15, -0.1) is 11.3 Å². The van der Waals surface area contributed by atoms with Gasteiger partial charge in [-0.1, -0.05) is 6.07 Å². The minimum Gasteiger partial charge on any atom is -0.379 e. The topological polar surface area (TPSA) is 38.3 Å². The molecule has 1 aromatic rings. The van der Waals surface area contributed by atoms with Crippen molar-refractivity contribution >= 4 is 17.2 Å². The van der Waals surface area contributed by atoms with Crippen molar-refractivity contribution in [2.75, 3.05) is 7.11 Å². The summed E-state index contributed by atoms with van der Waals surface area (Å²) >= 11 is 1.47. The highest BCUT2D eigenvalue weighted by atomic mass is 32.1. The van der Waals surface area contributed by atoms with E-state index in [1.807, 2.05) is 17.5 Å². The number of hydrogen-bond acceptors (Lipinski definition) is 3. The molecule has 0 aromatic carbocycles. The Bertz CT molecular complexity index is 323. The van der Waals surface area contributed by atoms with Crippen molar-refractivity contribution in [1.82, 2.24) is 5.32 Å². The first-order valence-corrected chi connectivity index (χ1v) is 6.06. The Morgan fingerprint density at radius 1 is 1.60 bits per heavy atom. The lowest BCUT2D eigenvalue weighted by Gasteiger charge is -2.19. The number of nitrogens with one attached hydrogen (secondary N) is 1. The third-order valence-electron chi connectivity index (χ3n) is 2.82. The molecule has 1 aromatic heterocycles. The Morgan fingerprint density at radius 3 is 3.13 bits per heavy atom. The summed E-state index contributed by atoms with van der Waals surface area (Å²) in [6.07, 6.45) is 3.39. The monoisotopic (exact) mass is 225 g/mol. The molecule has 1 aliphatic rings. The van der Waals surface area contributed by atoms with Gasteiger partial charge in [0.25, 0.3) is 5.91 Å². The molecule has 2 unspecified atom stereocenters. The molecule has 2 rings (SSSR count). The number of carbonyl (C=O) groups excluding carboxylic acids is 1. The molecular formula is C11H15NO2S. The second-order valence-electron chi connectivity index (χ2n) is 3.76. The summed E-state index contributed by atoms with van der Waals surface area (Å²) in [5.41, 5.74) is 0. The van der Waals surface area contributed by atoms with Crippen LogP contribution >= 0.6 is 11.3 Å². The number of carbonyl (C=O) groups is 1. The van der Waals surface area contributed by atoms with E-state index in [9.17, 15) is 4.79 Å². The molecular weight excluding hydrogens is 210 g/mol. The SMILES string of the molecule is COC1CCCC1NC(=O)c1cccs1. The van der Waals surface area contributed by atoms with E-state index >= 15 is 0 Å². The molecule has 0 saturated heterocycles. The minimum atomic E-state index is 0.0268. The maximum Gasteiger partial charge on any atom is 0.261 e. The molecule has 1 aliphatic carbocycles. The van der Waals surface area contributed by atoms with Crippen molar-refractivity contribution in [3.63, 3.8) is 0 Å². The summed E-state index contributed by atoms with van der Waals surface area (Å²) in [5.74, 6) is 0.0268. The van der Waals surface area contributed by atoms with Crippen LogP contribution < -0.4 is 5.32 Å². The van der Waals surface area contributed by atoms with Crippen molar-refractivity contribution in [2.45, 2.75) is 31.4 Å². The Balaban J connectivity index is 1.94. The number of amides is 1. The fraction of sp³-hybridized carbons (Fsp3) is 0.545. The Kier molecular flexibility index (Phi) is 3.38. The molecule has 2 atom stereocenters. The summed E-state index contributed by atoms with van der Waals surface area (Å²) in [4.78, 5) is 12.5. The maximum atomic E-state index is 11.8. The highest BCUT2D eigenvalue weighted by Crippen LogP contribution is 2.22. The lowest BCUT2D eigenvalue weighted by atomic mass is 10.2. The van der Waals surface area contributed by atoms with Crippen LogP contribution in [0.25, 0.3) is 0 Å². The minimum absolute atomic E-state index is 0.0268. The van der Waals surface area contributed by atoms with E-state index in [1.165, 1.54) is 11.3 Å². The first-order valence-electron chi connectivity index (χ1n) is 5.18. The van der Waals surface area contributed by atoms with Gasteiger partial charge in [0.15, 0.2) is 0 Å². The number of methoxy groups -OCH3 is 1. The standard InChI is InChI=1S/C11H15NO2S/c1-14-9-5-2-4-8(9)12-11(13)10-6-3-7-15-10/h3,6-9H,2,4-5H2,1H3,(H,12,13). The van der Waals surface area contributed by atoms with Crippen molar-refractivity contribution in [1.29, 1.82) is 0 Å². The van der Waals surface area contributed by atoms with Crippen LogP contribution in [0, 0.1) is 0 Å². The molecule has 1 saturated carbocycles. The normalized spacial score (nSPS) is 25.4. The lowest BCUT2D eigenvalue weighted by molar-refractivity contribution is 0.0724. The second kappa shape index (κ2) is 4.77. The van der Waals surface area contributed by atoms with Crippen molar-refractivity contribution < 1.29 is 9.53 Å². The molecule has 3 nitrogen and oxygen atoms in total. The molecule has 1 heterocycles. The fourth-order valence-electron chi connectivity index (χ4n) is 2.02. The van der Waals surface area contributed by atoms with Crippen LogP contribution in [0.2, 0.25) is 0 Å². The van der Waals surface area contributed by atoms with Gasteiger partial charge in [0, 0.05) is 7.11 Å². The smallest absolute Gasteiger partial charge is 0.261 e. The third kappa shape index (κ3) is 2.38. The molecule has 0 radical (unpaired) electrons. The van der Waals surface area contributed by atoms with Crippen LogP contribution in [0.3, 0.4) is 0 Å². The van der Waals surface area contributed by atoms with Gasteiger partial charge in [0.1, 0.15) is 0 Å². The molecule has 82 valence electrons. The van der Waals surface area contributed by atoms with E-state index in [4.69, 9.17) is 4.74 Å². The van der Waals surface area contributed by atoms with Crippen molar-refractivity contribution in [3.8, 4) is 0 Å². The van der Waals surface area contributed by atoms with Gasteiger partial charge in [0.2, 0.25) is 0 Å². The Morgan fingerprint density at radius 2 is 2.47 bits per heavy atom. The summed E-state index contributed by atoms with van der Waals surface area (Å²) in [6, 6.07) is 3.92. The zero-order valence-corrected chi connectivity index (χ0v) is 9.55. The van der Waals surface area contributed by atoms with E-state index in [0.29, 0.717) is 0 Å². The van der Waals surface area contributed by atoms with Crippen LogP contribution in [0.4, 0.5) is 0 Å². The van der Waals surface area contributed by atoms with Crippen LogP contribution in [0.5, 0.6) is 0 Å². The van der Waals surface area contributed by atoms with Crippen molar-refractivity contribution in [2.24, 2.45) is 0 Å². The van der Waals surface area contributed by atoms with E-state index in [1.54, 1.807) is 7.11 Å². The van der Waals surface area contributed by atoms with Crippen LogP contribution in [-0.2, 0) is 4.74 Å². The summed E-state index contributed by atoms with van der Waals surface area (Å²) in [6.45, 7) is 0. The predicted molar refractivity (Wildman–Crippen MR) is 60.2 cm³/mol. The quantitative estimate of drug-likeness (QED) is 0.855. The van der Waals surface area contributed by atoms with Crippen LogP contribution in [-0.4, -0.2) is 25.2 Å². The second-order valence-corrected chi connectivity index (χ2v) is 4.71. The summed E-state index contributed by atoms with van der Waals surface area (Å²) in [7, 11) is 1.71. The molecule has 0 bridgehead atoms. The highest BCUT2D eigenvalue weighted by molar-refractivity contribution is 7.12. The molecule has 1 N–H and O–H groups in total. The van der Waals surface area contributed by atoms with E-state index in [2.05, 4.69) is 5.32 Å². The fourth-order valence-corrected chi connectivity index (χ4v) is 2.65. The molecule has 1 amide bonds. The van der Waals surface area contributed by atoms with Gasteiger partial charge >= 0.3 is 0 Å². The number of hydrogen-bond donors (Lipinski definition) is 1. The highest BCUT2D eigenvalue weighted by Gasteiger charge is 2.28. The molecule has 15 heavy (non-hydrogen) atoms. The molecule has 4 heteroatoms. The lowest BCUT2D eigenvalue weighted by Crippen LogP contribution is -2.40. The van der Waals surface area contributed by atoms with Crippen LogP contribution in [0.1, 0.15) is 28.9 Å². The number of ether oxygens (including phenoxy) is 1. The first-order chi connectivity index (χ1) is 7.31. The third-order valence-corrected chi connectivity index (χ3v) is 3.69. The maximum absolute atomic E-state index is 11.8. The van der Waals surface area contributed by atoms with Gasteiger partial charge < -0.3 is 10.1 Å². The summed E-state index contributed by atoms with van der Waals surface area (Å²) in [5, 5.41) is 4.94. The number of thiophene rings is 1. The molecule has 0 spiro atoms. The predicted octanol–water partition coefficient (Wildman–Crippen LogP) is 2.05. The zero-order chi connectivity index (χ0) is 10.7. The average molecular weight is 225 g/mol.